The van der Waals surface area contributed by atoms with Crippen LogP contribution in [-0.4, -0.2) is 36.7 Å². The van der Waals surface area contributed by atoms with Crippen molar-refractivity contribution in [1.29, 1.82) is 0 Å². The second-order valence-electron chi connectivity index (χ2n) is 7.44. The van der Waals surface area contributed by atoms with Crippen LogP contribution in [0.2, 0.25) is 0 Å². The Bertz CT molecular complexity index is 884. The van der Waals surface area contributed by atoms with Gasteiger partial charge in [-0.05, 0) is 36.2 Å². The lowest BCUT2D eigenvalue weighted by atomic mass is 10.0. The summed E-state index contributed by atoms with van der Waals surface area (Å²) in [6, 6.07) is 9.68. The number of aldehydes is 1. The van der Waals surface area contributed by atoms with Crippen LogP contribution in [0.25, 0.3) is 0 Å². The van der Waals surface area contributed by atoms with Crippen LogP contribution < -0.4 is 0 Å². The van der Waals surface area contributed by atoms with Crippen molar-refractivity contribution in [3.8, 4) is 0 Å². The van der Waals surface area contributed by atoms with E-state index in [9.17, 15) is 31.1 Å². The number of rotatable bonds is 6. The summed E-state index contributed by atoms with van der Waals surface area (Å²) in [5, 5.41) is 0. The molecule has 0 radical (unpaired) electrons. The molecule has 0 amide bonds. The molecule has 174 valence electrons. The van der Waals surface area contributed by atoms with Gasteiger partial charge >= 0.3 is 12.4 Å². The van der Waals surface area contributed by atoms with Gasteiger partial charge in [-0.15, -0.1) is 0 Å². The van der Waals surface area contributed by atoms with Gasteiger partial charge < -0.3 is 14.3 Å². The number of carbonyl (C=O) groups excluding carboxylic acids is 1. The van der Waals surface area contributed by atoms with E-state index < -0.39 is 41.9 Å². The molecule has 1 aliphatic heterocycles. The van der Waals surface area contributed by atoms with Crippen LogP contribution in [0.5, 0.6) is 0 Å². The Hall–Kier alpha value is -2.43. The molecule has 4 nitrogen and oxygen atoms in total. The molecular formula is C22H21F6NO3. The maximum absolute atomic E-state index is 13.1. The first-order valence-electron chi connectivity index (χ1n) is 9.79. The molecule has 3 atom stereocenters. The first-order chi connectivity index (χ1) is 15.0. The highest BCUT2D eigenvalue weighted by atomic mass is 19.4. The fraction of sp³-hybridized carbons (Fsp3) is 0.409. The number of alkyl halides is 6. The highest BCUT2D eigenvalue weighted by Crippen LogP contribution is 2.38. The molecule has 3 rings (SSSR count). The Morgan fingerprint density at radius 2 is 1.66 bits per heavy atom. The van der Waals surface area contributed by atoms with E-state index >= 15 is 0 Å². The topological polar surface area (TPSA) is 38.8 Å². The van der Waals surface area contributed by atoms with Crippen molar-refractivity contribution in [2.24, 2.45) is 0 Å². The molecule has 1 saturated heterocycles. The van der Waals surface area contributed by atoms with Crippen molar-refractivity contribution in [2.45, 2.75) is 44.3 Å². The lowest BCUT2D eigenvalue weighted by Gasteiger charge is -2.39. The lowest BCUT2D eigenvalue weighted by Crippen LogP contribution is -2.52. The maximum atomic E-state index is 13.1. The molecule has 0 spiro atoms. The van der Waals surface area contributed by atoms with E-state index in [2.05, 4.69) is 0 Å². The molecule has 2 aromatic rings. The van der Waals surface area contributed by atoms with Gasteiger partial charge in [-0.3, -0.25) is 4.90 Å². The van der Waals surface area contributed by atoms with Crippen LogP contribution in [0, 0.1) is 0 Å². The van der Waals surface area contributed by atoms with Gasteiger partial charge in [-0.25, -0.2) is 0 Å². The largest absolute Gasteiger partial charge is 0.416 e. The molecule has 2 aromatic carbocycles. The smallest absolute Gasteiger partial charge is 0.349 e. The SMILES string of the molecule is C[C@@H](O[C@H]1OCCN(Cc2ccccc2)C1C=O)c1cc(C(F)(F)F)cc(C(F)(F)F)c1. The standard InChI is InChI=1S/C22H21F6NO3/c1-14(16-9-17(21(23,24)25)11-18(10-16)22(26,27)28)32-20-19(13-30)29(7-8-31-20)12-15-5-3-2-4-6-15/h2-6,9-11,13-14,19-20H,7-8,12H2,1H3/t14-,19?,20-/m1/s1. The van der Waals surface area contributed by atoms with Crippen LogP contribution in [0.15, 0.2) is 48.5 Å². The fourth-order valence-corrected chi connectivity index (χ4v) is 3.47. The average molecular weight is 461 g/mol. The van der Waals surface area contributed by atoms with E-state index in [1.54, 1.807) is 4.90 Å². The zero-order valence-corrected chi connectivity index (χ0v) is 17.0. The molecule has 0 N–H and O–H groups in total. The van der Waals surface area contributed by atoms with Crippen molar-refractivity contribution in [1.82, 2.24) is 4.90 Å². The molecule has 1 fully saturated rings. The van der Waals surface area contributed by atoms with E-state index in [0.717, 1.165) is 5.56 Å². The number of hydrogen-bond acceptors (Lipinski definition) is 4. The highest BCUT2D eigenvalue weighted by molar-refractivity contribution is 5.58. The van der Waals surface area contributed by atoms with Gasteiger partial charge in [0.25, 0.3) is 0 Å². The lowest BCUT2D eigenvalue weighted by molar-refractivity contribution is -0.222. The molecule has 0 bridgehead atoms. The van der Waals surface area contributed by atoms with Crippen LogP contribution >= 0.6 is 0 Å². The van der Waals surface area contributed by atoms with Crippen molar-refractivity contribution < 1.29 is 40.6 Å². The molecule has 0 aromatic heterocycles. The summed E-state index contributed by atoms with van der Waals surface area (Å²) >= 11 is 0. The molecule has 0 aliphatic carbocycles. The summed E-state index contributed by atoms with van der Waals surface area (Å²) < 4.78 is 90.0. The van der Waals surface area contributed by atoms with Crippen molar-refractivity contribution in [3.05, 3.63) is 70.8 Å². The number of benzene rings is 2. The van der Waals surface area contributed by atoms with E-state index in [4.69, 9.17) is 9.47 Å². The quantitative estimate of drug-likeness (QED) is 0.437. The van der Waals surface area contributed by atoms with Crippen LogP contribution in [0.1, 0.15) is 35.3 Å². The Morgan fingerprint density at radius 3 is 2.19 bits per heavy atom. The molecular weight excluding hydrogens is 440 g/mol. The minimum Gasteiger partial charge on any atom is -0.349 e. The predicted molar refractivity (Wildman–Crippen MR) is 102 cm³/mol. The summed E-state index contributed by atoms with van der Waals surface area (Å²) in [6.07, 6.45) is -11.7. The summed E-state index contributed by atoms with van der Waals surface area (Å²) in [6.45, 7) is 2.32. The first kappa shape index (κ1) is 24.2. The Labute approximate surface area is 180 Å². The van der Waals surface area contributed by atoms with E-state index in [0.29, 0.717) is 31.5 Å². The zero-order valence-electron chi connectivity index (χ0n) is 17.0. The van der Waals surface area contributed by atoms with Gasteiger partial charge in [0, 0.05) is 13.1 Å². The van der Waals surface area contributed by atoms with Gasteiger partial charge in [0.1, 0.15) is 12.3 Å². The second-order valence-corrected chi connectivity index (χ2v) is 7.44. The van der Waals surface area contributed by atoms with Crippen molar-refractivity contribution in [3.63, 3.8) is 0 Å². The zero-order chi connectivity index (χ0) is 23.5. The minimum atomic E-state index is -4.96. The highest BCUT2D eigenvalue weighted by Gasteiger charge is 2.38. The third-order valence-electron chi connectivity index (χ3n) is 5.15. The minimum absolute atomic E-state index is 0.0587. The monoisotopic (exact) mass is 461 g/mol. The number of morpholine rings is 1. The number of nitrogens with zero attached hydrogens (tertiary/aromatic N) is 1. The van der Waals surface area contributed by atoms with Crippen molar-refractivity contribution >= 4 is 6.29 Å². The van der Waals surface area contributed by atoms with Gasteiger partial charge in [0.2, 0.25) is 0 Å². The molecule has 32 heavy (non-hydrogen) atoms. The van der Waals surface area contributed by atoms with E-state index in [1.807, 2.05) is 30.3 Å². The second kappa shape index (κ2) is 9.60. The van der Waals surface area contributed by atoms with Crippen LogP contribution in [0.4, 0.5) is 26.3 Å². The summed E-state index contributed by atoms with van der Waals surface area (Å²) in [7, 11) is 0. The Morgan fingerprint density at radius 1 is 1.06 bits per heavy atom. The normalized spacial score (nSPS) is 21.3. The Balaban J connectivity index is 1.82. The average Bonchev–Trinajstić information content (AvgIpc) is 2.73. The number of ether oxygens (including phenoxy) is 2. The maximum Gasteiger partial charge on any atom is 0.416 e. The van der Waals surface area contributed by atoms with E-state index in [1.165, 1.54) is 6.92 Å². The number of carbonyl (C=O) groups is 1. The molecule has 1 heterocycles. The molecule has 0 saturated carbocycles. The summed E-state index contributed by atoms with van der Waals surface area (Å²) in [5.41, 5.74) is -2.25. The third-order valence-corrected chi connectivity index (χ3v) is 5.15. The first-order valence-corrected chi connectivity index (χ1v) is 9.79. The molecule has 1 aliphatic rings. The predicted octanol–water partition coefficient (Wildman–Crippen LogP) is 5.23. The van der Waals surface area contributed by atoms with Gasteiger partial charge in [-0.1, -0.05) is 30.3 Å². The van der Waals surface area contributed by atoms with E-state index in [-0.39, 0.29) is 18.2 Å². The van der Waals surface area contributed by atoms with Gasteiger partial charge in [-0.2, -0.15) is 26.3 Å². The van der Waals surface area contributed by atoms with Crippen LogP contribution in [0.3, 0.4) is 0 Å². The fourth-order valence-electron chi connectivity index (χ4n) is 3.47. The number of halogens is 6. The van der Waals surface area contributed by atoms with Gasteiger partial charge in [0.05, 0.1) is 23.8 Å². The van der Waals surface area contributed by atoms with Gasteiger partial charge in [0.15, 0.2) is 6.29 Å². The van der Waals surface area contributed by atoms with Crippen LogP contribution in [-0.2, 0) is 33.2 Å². The third kappa shape index (κ3) is 5.87. The summed E-state index contributed by atoms with van der Waals surface area (Å²) in [5.74, 6) is 0. The Kier molecular flexibility index (Phi) is 7.26. The van der Waals surface area contributed by atoms with Crippen molar-refractivity contribution in [2.75, 3.05) is 13.2 Å². The molecule has 10 heteroatoms. The summed E-state index contributed by atoms with van der Waals surface area (Å²) in [4.78, 5) is 13.5. The number of hydrogen-bond donors (Lipinski definition) is 0. The molecule has 1 unspecified atom stereocenters.